The van der Waals surface area contributed by atoms with Crippen LogP contribution in [0, 0.1) is 5.92 Å². The van der Waals surface area contributed by atoms with E-state index >= 15 is 0 Å². The van der Waals surface area contributed by atoms with Crippen molar-refractivity contribution in [3.63, 3.8) is 0 Å². The Bertz CT molecular complexity index is 494. The maximum absolute atomic E-state index is 12.1. The Morgan fingerprint density at radius 2 is 2.25 bits per heavy atom. The fourth-order valence-electron chi connectivity index (χ4n) is 2.22. The van der Waals surface area contributed by atoms with E-state index in [0.29, 0.717) is 17.9 Å². The monoisotopic (exact) mass is 277 g/mol. The molecular weight excluding hydrogens is 258 g/mol. The van der Waals surface area contributed by atoms with E-state index in [1.54, 1.807) is 31.2 Å². The summed E-state index contributed by atoms with van der Waals surface area (Å²) in [5.41, 5.74) is 1.31. The molecule has 0 spiro atoms. The number of benzene rings is 1. The molecule has 1 amide bonds. The molecule has 5 heteroatoms. The molecule has 1 aliphatic rings. The van der Waals surface area contributed by atoms with Gasteiger partial charge in [0.25, 0.3) is 0 Å². The minimum Gasteiger partial charge on any atom is -0.481 e. The topological polar surface area (TPSA) is 75.6 Å². The second-order valence-electron chi connectivity index (χ2n) is 5.09. The van der Waals surface area contributed by atoms with Crippen LogP contribution in [0.25, 0.3) is 0 Å². The molecule has 20 heavy (non-hydrogen) atoms. The molecular formula is C15H19NO4. The van der Waals surface area contributed by atoms with Crippen LogP contribution in [-0.2, 0) is 14.3 Å². The number of aliphatic carboxylic acids is 1. The Morgan fingerprint density at radius 3 is 2.90 bits per heavy atom. The van der Waals surface area contributed by atoms with Gasteiger partial charge in [0.05, 0.1) is 18.4 Å². The van der Waals surface area contributed by atoms with E-state index in [1.165, 1.54) is 0 Å². The lowest BCUT2D eigenvalue weighted by atomic mass is 9.99. The van der Waals surface area contributed by atoms with Gasteiger partial charge in [-0.2, -0.15) is 0 Å². The standard InChI is InChI=1S/C15H19NO4/c1-10(15(18)19)11-4-2-6-13(8-11)16-14(17)12-5-3-7-20-9-12/h2,4,6,8,10,12H,3,5,7,9H2,1H3,(H,16,17)(H,18,19). The van der Waals surface area contributed by atoms with Crippen LogP contribution in [0.3, 0.4) is 0 Å². The van der Waals surface area contributed by atoms with Crippen LogP contribution >= 0.6 is 0 Å². The van der Waals surface area contributed by atoms with Crippen LogP contribution in [0.4, 0.5) is 5.69 Å². The van der Waals surface area contributed by atoms with Gasteiger partial charge >= 0.3 is 5.97 Å². The first-order valence-corrected chi connectivity index (χ1v) is 6.79. The molecule has 1 aliphatic heterocycles. The third-order valence-electron chi connectivity index (χ3n) is 3.56. The fraction of sp³-hybridized carbons (Fsp3) is 0.467. The number of carboxylic acid groups (broad SMARTS) is 1. The third kappa shape index (κ3) is 3.57. The molecule has 1 aromatic carbocycles. The summed E-state index contributed by atoms with van der Waals surface area (Å²) in [4.78, 5) is 23.1. The number of ether oxygens (including phenoxy) is 1. The molecule has 2 N–H and O–H groups in total. The quantitative estimate of drug-likeness (QED) is 0.885. The van der Waals surface area contributed by atoms with Crippen molar-refractivity contribution >= 4 is 17.6 Å². The first-order chi connectivity index (χ1) is 9.58. The smallest absolute Gasteiger partial charge is 0.310 e. The van der Waals surface area contributed by atoms with Crippen molar-refractivity contribution in [2.24, 2.45) is 5.92 Å². The lowest BCUT2D eigenvalue weighted by Crippen LogP contribution is -2.30. The number of hydrogen-bond donors (Lipinski definition) is 2. The number of carboxylic acids is 1. The Kier molecular flexibility index (Phi) is 4.74. The largest absolute Gasteiger partial charge is 0.481 e. The van der Waals surface area contributed by atoms with E-state index in [4.69, 9.17) is 9.84 Å². The van der Waals surface area contributed by atoms with Crippen LogP contribution < -0.4 is 5.32 Å². The van der Waals surface area contributed by atoms with Crippen molar-refractivity contribution in [3.8, 4) is 0 Å². The predicted octanol–water partition coefficient (Wildman–Crippen LogP) is 2.24. The van der Waals surface area contributed by atoms with E-state index in [2.05, 4.69) is 5.32 Å². The molecule has 0 aliphatic carbocycles. The first kappa shape index (κ1) is 14.5. The van der Waals surface area contributed by atoms with Gasteiger partial charge in [-0.15, -0.1) is 0 Å². The van der Waals surface area contributed by atoms with Crippen LogP contribution in [0.1, 0.15) is 31.2 Å². The summed E-state index contributed by atoms with van der Waals surface area (Å²) in [6.45, 7) is 2.80. The molecule has 1 heterocycles. The van der Waals surface area contributed by atoms with E-state index in [1.807, 2.05) is 0 Å². The van der Waals surface area contributed by atoms with Gasteiger partial charge in [-0.05, 0) is 37.5 Å². The van der Waals surface area contributed by atoms with Crippen molar-refractivity contribution < 1.29 is 19.4 Å². The van der Waals surface area contributed by atoms with Crippen LogP contribution in [0.5, 0.6) is 0 Å². The van der Waals surface area contributed by atoms with Crippen molar-refractivity contribution in [2.45, 2.75) is 25.7 Å². The molecule has 1 saturated heterocycles. The number of anilines is 1. The van der Waals surface area contributed by atoms with Crippen molar-refractivity contribution in [1.82, 2.24) is 0 Å². The average Bonchev–Trinajstić information content (AvgIpc) is 2.47. The number of hydrogen-bond acceptors (Lipinski definition) is 3. The Hall–Kier alpha value is -1.88. The molecule has 0 aromatic heterocycles. The predicted molar refractivity (Wildman–Crippen MR) is 74.7 cm³/mol. The lowest BCUT2D eigenvalue weighted by Gasteiger charge is -2.21. The highest BCUT2D eigenvalue weighted by molar-refractivity contribution is 5.93. The zero-order chi connectivity index (χ0) is 14.5. The highest BCUT2D eigenvalue weighted by atomic mass is 16.5. The summed E-state index contributed by atoms with van der Waals surface area (Å²) < 4.78 is 5.30. The number of rotatable bonds is 4. The maximum Gasteiger partial charge on any atom is 0.310 e. The summed E-state index contributed by atoms with van der Waals surface area (Å²) in [5, 5.41) is 11.8. The maximum atomic E-state index is 12.1. The zero-order valence-electron chi connectivity index (χ0n) is 11.5. The molecule has 1 fully saturated rings. The first-order valence-electron chi connectivity index (χ1n) is 6.79. The molecule has 0 radical (unpaired) electrons. The summed E-state index contributed by atoms with van der Waals surface area (Å²) in [6.07, 6.45) is 1.73. The number of nitrogens with one attached hydrogen (secondary N) is 1. The second kappa shape index (κ2) is 6.52. The summed E-state index contributed by atoms with van der Waals surface area (Å²) in [5.74, 6) is -1.66. The van der Waals surface area contributed by atoms with Crippen LogP contribution in [0.2, 0.25) is 0 Å². The fourth-order valence-corrected chi connectivity index (χ4v) is 2.22. The van der Waals surface area contributed by atoms with E-state index in [9.17, 15) is 9.59 Å². The minimum atomic E-state index is -0.880. The van der Waals surface area contributed by atoms with Gasteiger partial charge in [-0.3, -0.25) is 9.59 Å². The third-order valence-corrected chi connectivity index (χ3v) is 3.56. The molecule has 2 atom stereocenters. The SMILES string of the molecule is CC(C(=O)O)c1cccc(NC(=O)C2CCCOC2)c1. The molecule has 5 nitrogen and oxygen atoms in total. The number of carbonyl (C=O) groups excluding carboxylic acids is 1. The average molecular weight is 277 g/mol. The normalized spacial score (nSPS) is 20.1. The Morgan fingerprint density at radius 1 is 1.45 bits per heavy atom. The summed E-state index contributed by atoms with van der Waals surface area (Å²) in [7, 11) is 0. The summed E-state index contributed by atoms with van der Waals surface area (Å²) in [6, 6.07) is 6.97. The second-order valence-corrected chi connectivity index (χ2v) is 5.09. The van der Waals surface area contributed by atoms with Gasteiger partial charge in [0.1, 0.15) is 0 Å². The zero-order valence-corrected chi connectivity index (χ0v) is 11.5. The Balaban J connectivity index is 2.03. The van der Waals surface area contributed by atoms with Gasteiger partial charge in [-0.1, -0.05) is 12.1 Å². The number of carbonyl (C=O) groups is 2. The van der Waals surface area contributed by atoms with Gasteiger partial charge in [0.15, 0.2) is 0 Å². The molecule has 108 valence electrons. The molecule has 0 saturated carbocycles. The van der Waals surface area contributed by atoms with Gasteiger partial charge in [-0.25, -0.2) is 0 Å². The molecule has 2 unspecified atom stereocenters. The number of amides is 1. The highest BCUT2D eigenvalue weighted by Crippen LogP contribution is 2.21. The van der Waals surface area contributed by atoms with Gasteiger partial charge in [0.2, 0.25) is 5.91 Å². The van der Waals surface area contributed by atoms with Crippen LogP contribution in [0.15, 0.2) is 24.3 Å². The Labute approximate surface area is 117 Å². The van der Waals surface area contributed by atoms with E-state index < -0.39 is 11.9 Å². The van der Waals surface area contributed by atoms with E-state index in [0.717, 1.165) is 19.4 Å². The van der Waals surface area contributed by atoms with Crippen molar-refractivity contribution in [2.75, 3.05) is 18.5 Å². The van der Waals surface area contributed by atoms with Gasteiger partial charge in [0, 0.05) is 12.3 Å². The van der Waals surface area contributed by atoms with Crippen molar-refractivity contribution in [3.05, 3.63) is 29.8 Å². The van der Waals surface area contributed by atoms with Gasteiger partial charge < -0.3 is 15.2 Å². The summed E-state index contributed by atoms with van der Waals surface area (Å²) >= 11 is 0. The van der Waals surface area contributed by atoms with Crippen molar-refractivity contribution in [1.29, 1.82) is 0 Å². The van der Waals surface area contributed by atoms with E-state index in [-0.39, 0.29) is 11.8 Å². The highest BCUT2D eigenvalue weighted by Gasteiger charge is 2.22. The minimum absolute atomic E-state index is 0.0650. The molecule has 2 rings (SSSR count). The van der Waals surface area contributed by atoms with Crippen LogP contribution in [-0.4, -0.2) is 30.2 Å². The molecule has 1 aromatic rings. The molecule has 0 bridgehead atoms. The lowest BCUT2D eigenvalue weighted by molar-refractivity contribution is -0.138.